The smallest absolute Gasteiger partial charge is 0.138 e. The van der Waals surface area contributed by atoms with Crippen molar-refractivity contribution < 1.29 is 0 Å². The Morgan fingerprint density at radius 2 is 0.979 bits per heavy atom. The molecule has 224 valence electrons. The van der Waals surface area contributed by atoms with Crippen LogP contribution in [0.25, 0.3) is 88.3 Å². The van der Waals surface area contributed by atoms with Gasteiger partial charge < -0.3 is 4.57 Å². The molecule has 0 aliphatic heterocycles. The summed E-state index contributed by atoms with van der Waals surface area (Å²) < 4.78 is 4.80. The van der Waals surface area contributed by atoms with Crippen molar-refractivity contribution in [2.75, 3.05) is 0 Å². The van der Waals surface area contributed by atoms with Crippen LogP contribution in [0.3, 0.4) is 0 Å². The van der Waals surface area contributed by atoms with Crippen LogP contribution in [0.4, 0.5) is 0 Å². The highest BCUT2D eigenvalue weighted by molar-refractivity contribution is 6.30. The summed E-state index contributed by atoms with van der Waals surface area (Å²) in [6, 6.07) is 63.0. The van der Waals surface area contributed by atoms with Crippen molar-refractivity contribution in [2.45, 2.75) is 0 Å². The van der Waals surface area contributed by atoms with Gasteiger partial charge in [0.25, 0.3) is 0 Å². The maximum absolute atomic E-state index is 5.37. The molecule has 0 radical (unpaired) electrons. The molecular formula is C45H29N3. The minimum atomic E-state index is 0.900. The fraction of sp³-hybridized carbons (Fsp3) is 0. The van der Waals surface area contributed by atoms with Crippen LogP contribution in [-0.2, 0) is 0 Å². The van der Waals surface area contributed by atoms with Gasteiger partial charge in [0.15, 0.2) is 0 Å². The van der Waals surface area contributed by atoms with Gasteiger partial charge in [-0.15, -0.1) is 0 Å². The zero-order valence-electron chi connectivity index (χ0n) is 26.1. The van der Waals surface area contributed by atoms with Crippen LogP contribution in [-0.4, -0.2) is 14.1 Å². The van der Waals surface area contributed by atoms with Gasteiger partial charge in [-0.3, -0.25) is 4.57 Å². The molecule has 7 aromatic carbocycles. The van der Waals surface area contributed by atoms with Gasteiger partial charge in [-0.2, -0.15) is 0 Å². The maximum Gasteiger partial charge on any atom is 0.138 e. The van der Waals surface area contributed by atoms with Crippen LogP contribution in [0, 0.1) is 0 Å². The van der Waals surface area contributed by atoms with Crippen LogP contribution in [0.5, 0.6) is 0 Å². The molecule has 0 amide bonds. The number of benzene rings is 7. The van der Waals surface area contributed by atoms with E-state index in [1.54, 1.807) is 0 Å². The van der Waals surface area contributed by atoms with E-state index in [0.29, 0.717) is 0 Å². The van der Waals surface area contributed by atoms with E-state index in [0.717, 1.165) is 39.4 Å². The number of nitrogens with zero attached hydrogens (tertiary/aromatic N) is 3. The average Bonchev–Trinajstić information content (AvgIpc) is 3.69. The quantitative estimate of drug-likeness (QED) is 0.194. The lowest BCUT2D eigenvalue weighted by Crippen LogP contribution is -2.00. The van der Waals surface area contributed by atoms with Gasteiger partial charge in [-0.1, -0.05) is 133 Å². The largest absolute Gasteiger partial charge is 0.309 e. The predicted molar refractivity (Wildman–Crippen MR) is 201 cm³/mol. The zero-order valence-corrected chi connectivity index (χ0v) is 26.1. The summed E-state index contributed by atoms with van der Waals surface area (Å²) in [7, 11) is 0. The van der Waals surface area contributed by atoms with Crippen molar-refractivity contribution in [1.82, 2.24) is 14.1 Å². The number of para-hydroxylation sites is 3. The number of rotatable bonds is 4. The Kier molecular flexibility index (Phi) is 5.87. The Hall–Kier alpha value is -6.45. The van der Waals surface area contributed by atoms with Gasteiger partial charge in [-0.05, 0) is 59.0 Å². The fourth-order valence-electron chi connectivity index (χ4n) is 7.60. The van der Waals surface area contributed by atoms with Gasteiger partial charge in [0.05, 0.1) is 27.8 Å². The molecule has 0 N–H and O–H groups in total. The molecule has 10 rings (SSSR count). The Bertz CT molecular complexity index is 2750. The second-order valence-corrected chi connectivity index (χ2v) is 12.4. The average molecular weight is 612 g/mol. The van der Waals surface area contributed by atoms with E-state index < -0.39 is 0 Å². The molecule has 0 saturated carbocycles. The summed E-state index contributed by atoms with van der Waals surface area (Å²) in [6.07, 6.45) is 0. The third-order valence-electron chi connectivity index (χ3n) is 9.68. The summed E-state index contributed by atoms with van der Waals surface area (Å²) in [4.78, 5) is 5.37. The molecular weight excluding hydrogens is 583 g/mol. The maximum atomic E-state index is 5.37. The number of hydrogen-bond acceptors (Lipinski definition) is 1. The third kappa shape index (κ3) is 3.98. The van der Waals surface area contributed by atoms with Crippen molar-refractivity contribution >= 4 is 54.4 Å². The first kappa shape index (κ1) is 26.7. The Morgan fingerprint density at radius 3 is 1.73 bits per heavy atom. The molecule has 3 heteroatoms. The topological polar surface area (TPSA) is 22.8 Å². The van der Waals surface area contributed by atoms with E-state index in [1.165, 1.54) is 48.9 Å². The Morgan fingerprint density at radius 1 is 0.375 bits per heavy atom. The molecule has 0 fully saturated rings. The monoisotopic (exact) mass is 611 g/mol. The highest BCUT2D eigenvalue weighted by Crippen LogP contribution is 2.43. The summed E-state index contributed by atoms with van der Waals surface area (Å²) in [6.45, 7) is 0. The molecule has 3 aromatic heterocycles. The Labute approximate surface area is 277 Å². The van der Waals surface area contributed by atoms with Gasteiger partial charge >= 0.3 is 0 Å². The molecule has 0 aliphatic rings. The molecule has 0 atom stereocenters. The highest BCUT2D eigenvalue weighted by atomic mass is 15.1. The van der Waals surface area contributed by atoms with Crippen molar-refractivity contribution in [3.05, 3.63) is 176 Å². The highest BCUT2D eigenvalue weighted by Gasteiger charge is 2.21. The second-order valence-electron chi connectivity index (χ2n) is 12.4. The first-order valence-corrected chi connectivity index (χ1v) is 16.4. The lowest BCUT2D eigenvalue weighted by Gasteiger charge is -2.13. The van der Waals surface area contributed by atoms with Crippen LogP contribution in [0.15, 0.2) is 176 Å². The molecule has 0 spiro atoms. The summed E-state index contributed by atoms with van der Waals surface area (Å²) >= 11 is 0. The summed E-state index contributed by atoms with van der Waals surface area (Å²) in [5.74, 6) is 0.900. The molecule has 3 nitrogen and oxygen atoms in total. The fourth-order valence-corrected chi connectivity index (χ4v) is 7.60. The molecule has 0 unspecified atom stereocenters. The van der Waals surface area contributed by atoms with E-state index in [4.69, 9.17) is 4.98 Å². The van der Waals surface area contributed by atoms with Crippen molar-refractivity contribution in [2.24, 2.45) is 0 Å². The summed E-state index contributed by atoms with van der Waals surface area (Å²) in [5, 5.41) is 7.42. The number of hydrogen-bond donors (Lipinski definition) is 0. The molecule has 10 aromatic rings. The van der Waals surface area contributed by atoms with Crippen LogP contribution >= 0.6 is 0 Å². The molecule has 3 heterocycles. The van der Waals surface area contributed by atoms with E-state index in [2.05, 4.69) is 185 Å². The molecule has 0 bridgehead atoms. The minimum Gasteiger partial charge on any atom is -0.309 e. The van der Waals surface area contributed by atoms with Crippen LogP contribution < -0.4 is 0 Å². The van der Waals surface area contributed by atoms with Crippen molar-refractivity contribution in [1.29, 1.82) is 0 Å². The third-order valence-corrected chi connectivity index (χ3v) is 9.68. The SMILES string of the molecule is c1ccc(-c2cc(-c3ccccc3)nc(-n3c4ccccc4c4c5c(ccc6c7ccccc7n(-c7ccccc7)c65)ccc43)c2)cc1. The number of pyridine rings is 1. The molecule has 48 heavy (non-hydrogen) atoms. The summed E-state index contributed by atoms with van der Waals surface area (Å²) in [5.41, 5.74) is 10.2. The van der Waals surface area contributed by atoms with E-state index in [1.807, 2.05) is 0 Å². The lowest BCUT2D eigenvalue weighted by atomic mass is 10.0. The van der Waals surface area contributed by atoms with Crippen LogP contribution in [0.1, 0.15) is 0 Å². The standard InChI is InChI=1S/C45H29N3/c1-4-14-30(15-5-1)33-28-38(31-16-6-2-7-17-31)46-42(29-33)48-40-23-13-11-21-37(40)44-41(48)27-25-32-24-26-36-35-20-10-12-22-39(35)47(45(36)43(32)44)34-18-8-3-9-19-34/h1-29H. The molecule has 0 aliphatic carbocycles. The van der Waals surface area contributed by atoms with Gasteiger partial charge in [0.1, 0.15) is 5.82 Å². The minimum absolute atomic E-state index is 0.900. The van der Waals surface area contributed by atoms with E-state index in [-0.39, 0.29) is 0 Å². The predicted octanol–water partition coefficient (Wildman–Crippen LogP) is 11.8. The zero-order chi connectivity index (χ0) is 31.6. The van der Waals surface area contributed by atoms with E-state index in [9.17, 15) is 0 Å². The van der Waals surface area contributed by atoms with Crippen molar-refractivity contribution in [3.63, 3.8) is 0 Å². The number of aromatic nitrogens is 3. The first-order chi connectivity index (χ1) is 23.8. The van der Waals surface area contributed by atoms with Crippen molar-refractivity contribution in [3.8, 4) is 33.9 Å². The van der Waals surface area contributed by atoms with Gasteiger partial charge in [0.2, 0.25) is 0 Å². The molecule has 0 saturated heterocycles. The normalized spacial score (nSPS) is 11.8. The lowest BCUT2D eigenvalue weighted by molar-refractivity contribution is 1.08. The number of fused-ring (bicyclic) bond motifs is 9. The Balaban J connectivity index is 1.37. The first-order valence-electron chi connectivity index (χ1n) is 16.4. The van der Waals surface area contributed by atoms with Gasteiger partial charge in [0, 0.05) is 38.2 Å². The van der Waals surface area contributed by atoms with E-state index >= 15 is 0 Å². The van der Waals surface area contributed by atoms with Crippen LogP contribution in [0.2, 0.25) is 0 Å². The second kappa shape index (κ2) is 10.5. The van der Waals surface area contributed by atoms with Gasteiger partial charge in [-0.25, -0.2) is 4.98 Å².